The molecule has 0 amide bonds. The Morgan fingerprint density at radius 1 is 1.15 bits per heavy atom. The van der Waals surface area contributed by atoms with Crippen molar-refractivity contribution in [2.75, 3.05) is 6.54 Å². The van der Waals surface area contributed by atoms with Gasteiger partial charge in [0.1, 0.15) is 5.82 Å². The number of nitrogens with zero attached hydrogens (tertiary/aromatic N) is 2. The maximum Gasteiger partial charge on any atom is 0.243 e. The van der Waals surface area contributed by atoms with E-state index >= 15 is 0 Å². The number of para-hydroxylation sites is 2. The van der Waals surface area contributed by atoms with Gasteiger partial charge >= 0.3 is 0 Å². The first-order valence-electron chi connectivity index (χ1n) is 8.54. The van der Waals surface area contributed by atoms with E-state index in [1.807, 2.05) is 24.3 Å². The lowest BCUT2D eigenvalue weighted by Crippen LogP contribution is -2.31. The van der Waals surface area contributed by atoms with Crippen LogP contribution in [0.25, 0.3) is 11.0 Å². The molecule has 3 aromatic rings. The SMILES string of the molecule is CC(=O)c1ccc(S(=O)(=O)N2CCC[C@@H]2c2nc3ccccc3[nH]2)cc1. The van der Waals surface area contributed by atoms with Gasteiger partial charge in [0.2, 0.25) is 10.0 Å². The molecular weight excluding hydrogens is 350 g/mol. The molecule has 1 atom stereocenters. The van der Waals surface area contributed by atoms with Crippen molar-refractivity contribution in [3.8, 4) is 0 Å². The van der Waals surface area contributed by atoms with Crippen LogP contribution in [-0.2, 0) is 10.0 Å². The van der Waals surface area contributed by atoms with Crippen molar-refractivity contribution < 1.29 is 13.2 Å². The molecule has 1 aliphatic rings. The second-order valence-corrected chi connectivity index (χ2v) is 8.38. The number of carbonyl (C=O) groups is 1. The van der Waals surface area contributed by atoms with Gasteiger partial charge in [0.05, 0.1) is 22.0 Å². The third-order valence-electron chi connectivity index (χ3n) is 4.79. The molecule has 0 radical (unpaired) electrons. The summed E-state index contributed by atoms with van der Waals surface area (Å²) in [5.74, 6) is 0.586. The van der Waals surface area contributed by atoms with Crippen LogP contribution in [0.1, 0.15) is 42.0 Å². The first-order valence-corrected chi connectivity index (χ1v) is 9.98. The van der Waals surface area contributed by atoms with Gasteiger partial charge in [0, 0.05) is 12.1 Å². The Morgan fingerprint density at radius 2 is 1.88 bits per heavy atom. The number of sulfonamides is 1. The number of nitrogens with one attached hydrogen (secondary N) is 1. The minimum Gasteiger partial charge on any atom is -0.341 e. The van der Waals surface area contributed by atoms with Crippen molar-refractivity contribution in [2.24, 2.45) is 0 Å². The molecule has 4 rings (SSSR count). The molecular formula is C19H19N3O3S. The van der Waals surface area contributed by atoms with Crippen LogP contribution in [0.4, 0.5) is 0 Å². The van der Waals surface area contributed by atoms with Crippen molar-refractivity contribution in [2.45, 2.75) is 30.7 Å². The maximum atomic E-state index is 13.1. The number of rotatable bonds is 4. The fraction of sp³-hybridized carbons (Fsp3) is 0.263. The standard InChI is InChI=1S/C19H19N3O3S/c1-13(23)14-8-10-15(11-9-14)26(24,25)22-12-4-7-18(22)19-20-16-5-2-3-6-17(16)21-19/h2-3,5-6,8-11,18H,4,7,12H2,1H3,(H,20,21)/t18-/m1/s1. The van der Waals surface area contributed by atoms with Gasteiger partial charge in [-0.15, -0.1) is 0 Å². The second-order valence-electron chi connectivity index (χ2n) is 6.49. The number of ketones is 1. The number of Topliss-reactive ketones (excluding diaryl/α,β-unsaturated/α-hetero) is 1. The van der Waals surface area contributed by atoms with Crippen molar-refractivity contribution >= 4 is 26.8 Å². The summed E-state index contributed by atoms with van der Waals surface area (Å²) in [4.78, 5) is 19.4. The molecule has 7 heteroatoms. The minimum absolute atomic E-state index is 0.0877. The zero-order valence-corrected chi connectivity index (χ0v) is 15.2. The predicted octanol–water partition coefficient (Wildman–Crippen LogP) is 3.29. The summed E-state index contributed by atoms with van der Waals surface area (Å²) in [6.45, 7) is 1.92. The first-order chi connectivity index (χ1) is 12.5. The topological polar surface area (TPSA) is 83.1 Å². The fourth-order valence-corrected chi connectivity index (χ4v) is 5.09. The van der Waals surface area contributed by atoms with E-state index in [1.54, 1.807) is 12.1 Å². The van der Waals surface area contributed by atoms with Crippen LogP contribution in [0.3, 0.4) is 0 Å². The van der Waals surface area contributed by atoms with E-state index in [4.69, 9.17) is 0 Å². The normalized spacial score (nSPS) is 18.4. The highest BCUT2D eigenvalue weighted by molar-refractivity contribution is 7.89. The Kier molecular flexibility index (Phi) is 4.13. The number of aromatic nitrogens is 2. The second kappa shape index (κ2) is 6.34. The number of benzene rings is 2. The van der Waals surface area contributed by atoms with Crippen LogP contribution in [0.5, 0.6) is 0 Å². The van der Waals surface area contributed by atoms with Gasteiger partial charge in [-0.25, -0.2) is 13.4 Å². The zero-order chi connectivity index (χ0) is 18.3. The lowest BCUT2D eigenvalue weighted by molar-refractivity contribution is 0.101. The van der Waals surface area contributed by atoms with E-state index in [9.17, 15) is 13.2 Å². The Morgan fingerprint density at radius 3 is 2.58 bits per heavy atom. The molecule has 0 spiro atoms. The third-order valence-corrected chi connectivity index (χ3v) is 6.72. The molecule has 1 aliphatic heterocycles. The van der Waals surface area contributed by atoms with Gasteiger partial charge in [-0.2, -0.15) is 4.31 Å². The molecule has 6 nitrogen and oxygen atoms in total. The first kappa shape index (κ1) is 16.9. The Balaban J connectivity index is 1.69. The summed E-state index contributed by atoms with van der Waals surface area (Å²) in [6, 6.07) is 13.5. The van der Waals surface area contributed by atoms with E-state index in [-0.39, 0.29) is 16.7 Å². The average molecular weight is 369 g/mol. The van der Waals surface area contributed by atoms with Gasteiger partial charge < -0.3 is 4.98 Å². The van der Waals surface area contributed by atoms with Crippen molar-refractivity contribution in [3.63, 3.8) is 0 Å². The predicted molar refractivity (Wildman–Crippen MR) is 98.4 cm³/mol. The monoisotopic (exact) mass is 369 g/mol. The Bertz CT molecular complexity index is 1040. The molecule has 2 aromatic carbocycles. The number of imidazole rings is 1. The molecule has 1 fully saturated rings. The van der Waals surface area contributed by atoms with Crippen molar-refractivity contribution in [1.29, 1.82) is 0 Å². The molecule has 2 heterocycles. The summed E-state index contributed by atoms with van der Waals surface area (Å²) < 4.78 is 27.7. The average Bonchev–Trinajstić information content (AvgIpc) is 3.28. The van der Waals surface area contributed by atoms with Crippen LogP contribution in [0.15, 0.2) is 53.4 Å². The molecule has 0 unspecified atom stereocenters. The molecule has 134 valence electrons. The summed E-state index contributed by atoms with van der Waals surface area (Å²) in [6.07, 6.45) is 1.51. The Labute approximate surface area is 151 Å². The van der Waals surface area contributed by atoms with Gasteiger partial charge in [-0.3, -0.25) is 4.79 Å². The molecule has 1 saturated heterocycles. The van der Waals surface area contributed by atoms with Crippen molar-refractivity contribution in [3.05, 3.63) is 59.9 Å². The van der Waals surface area contributed by atoms with E-state index in [0.29, 0.717) is 17.9 Å². The number of hydrogen-bond donors (Lipinski definition) is 1. The van der Waals surface area contributed by atoms with Crippen LogP contribution in [0, 0.1) is 0 Å². The maximum absolute atomic E-state index is 13.1. The highest BCUT2D eigenvalue weighted by atomic mass is 32.2. The quantitative estimate of drug-likeness (QED) is 0.715. The summed E-state index contributed by atoms with van der Waals surface area (Å²) in [5, 5.41) is 0. The van der Waals surface area contributed by atoms with Crippen LogP contribution >= 0.6 is 0 Å². The van der Waals surface area contributed by atoms with Crippen molar-refractivity contribution in [1.82, 2.24) is 14.3 Å². The smallest absolute Gasteiger partial charge is 0.243 e. The largest absolute Gasteiger partial charge is 0.341 e. The molecule has 0 saturated carbocycles. The van der Waals surface area contributed by atoms with E-state index in [0.717, 1.165) is 23.9 Å². The van der Waals surface area contributed by atoms with Crippen LogP contribution in [0.2, 0.25) is 0 Å². The van der Waals surface area contributed by atoms with Crippen LogP contribution < -0.4 is 0 Å². The number of fused-ring (bicyclic) bond motifs is 1. The van der Waals surface area contributed by atoms with Gasteiger partial charge in [-0.1, -0.05) is 24.3 Å². The number of aromatic amines is 1. The molecule has 0 bridgehead atoms. The van der Waals surface area contributed by atoms with E-state index in [2.05, 4.69) is 9.97 Å². The van der Waals surface area contributed by atoms with E-state index in [1.165, 1.54) is 23.4 Å². The summed E-state index contributed by atoms with van der Waals surface area (Å²) >= 11 is 0. The number of hydrogen-bond acceptors (Lipinski definition) is 4. The number of carbonyl (C=O) groups excluding carboxylic acids is 1. The lowest BCUT2D eigenvalue weighted by Gasteiger charge is -2.22. The number of H-pyrrole nitrogens is 1. The van der Waals surface area contributed by atoms with Gasteiger partial charge in [0.25, 0.3) is 0 Å². The molecule has 26 heavy (non-hydrogen) atoms. The van der Waals surface area contributed by atoms with E-state index < -0.39 is 10.0 Å². The van der Waals surface area contributed by atoms with Gasteiger partial charge in [-0.05, 0) is 44.0 Å². The molecule has 0 aliphatic carbocycles. The molecule has 1 N–H and O–H groups in total. The lowest BCUT2D eigenvalue weighted by atomic mass is 10.2. The fourth-order valence-electron chi connectivity index (χ4n) is 3.43. The minimum atomic E-state index is -3.65. The summed E-state index contributed by atoms with van der Waals surface area (Å²) in [7, 11) is -3.65. The Hall–Kier alpha value is -2.51. The summed E-state index contributed by atoms with van der Waals surface area (Å²) in [5.41, 5.74) is 2.23. The zero-order valence-electron chi connectivity index (χ0n) is 14.3. The molecule has 1 aromatic heterocycles. The highest BCUT2D eigenvalue weighted by Crippen LogP contribution is 2.36. The highest BCUT2D eigenvalue weighted by Gasteiger charge is 2.37. The third kappa shape index (κ3) is 2.83. The van der Waals surface area contributed by atoms with Gasteiger partial charge in [0.15, 0.2) is 5.78 Å². The van der Waals surface area contributed by atoms with Crippen LogP contribution in [-0.4, -0.2) is 35.0 Å².